The number of carbonyl (C=O) groups is 2. The molecule has 138 valence electrons. The summed E-state index contributed by atoms with van der Waals surface area (Å²) in [4.78, 5) is 22.0. The van der Waals surface area contributed by atoms with Gasteiger partial charge in [0.25, 0.3) is 5.91 Å². The second-order valence-corrected chi connectivity index (χ2v) is 7.49. The van der Waals surface area contributed by atoms with Crippen LogP contribution in [-0.2, 0) is 26.2 Å². The molecular formula is C16H15FN2O6S. The van der Waals surface area contributed by atoms with Crippen LogP contribution in [0.2, 0.25) is 0 Å². The fraction of sp³-hybridized carbons (Fsp3) is 0.250. The predicted molar refractivity (Wildman–Crippen MR) is 90.6 cm³/mol. The number of amides is 1. The zero-order valence-electron chi connectivity index (χ0n) is 13.4. The summed E-state index contributed by atoms with van der Waals surface area (Å²) >= 11 is 0. The number of hydrogen-bond donors (Lipinski definition) is 3. The Hall–Kier alpha value is -2.88. The van der Waals surface area contributed by atoms with Crippen LogP contribution < -0.4 is 9.03 Å². The molecule has 1 heterocycles. The Bertz CT molecular complexity index is 1020. The third-order valence-corrected chi connectivity index (χ3v) is 5.40. The van der Waals surface area contributed by atoms with E-state index in [4.69, 9.17) is 5.11 Å². The van der Waals surface area contributed by atoms with Gasteiger partial charge < -0.3 is 10.2 Å². The van der Waals surface area contributed by atoms with E-state index in [9.17, 15) is 27.5 Å². The third kappa shape index (κ3) is 3.27. The molecule has 26 heavy (non-hydrogen) atoms. The summed E-state index contributed by atoms with van der Waals surface area (Å²) < 4.78 is 41.1. The van der Waals surface area contributed by atoms with E-state index in [1.165, 1.54) is 12.1 Å². The van der Waals surface area contributed by atoms with Crippen LogP contribution >= 0.6 is 0 Å². The van der Waals surface area contributed by atoms with Crippen LogP contribution in [0.25, 0.3) is 10.8 Å². The minimum absolute atomic E-state index is 0.0266. The molecule has 0 spiro atoms. The summed E-state index contributed by atoms with van der Waals surface area (Å²) in [6, 6.07) is 5.93. The quantitative estimate of drug-likeness (QED) is 0.715. The Morgan fingerprint density at radius 2 is 2.04 bits per heavy atom. The minimum Gasteiger partial charge on any atom is -0.506 e. The van der Waals surface area contributed by atoms with Gasteiger partial charge in [-0.05, 0) is 35.9 Å². The van der Waals surface area contributed by atoms with Gasteiger partial charge in [0.2, 0.25) is 0 Å². The van der Waals surface area contributed by atoms with E-state index in [1.54, 1.807) is 16.9 Å². The molecule has 0 bridgehead atoms. The van der Waals surface area contributed by atoms with Crippen molar-refractivity contribution in [3.63, 3.8) is 0 Å². The standard InChI is InChI=1S/C16H15FN2O6S/c17-15-11-6-9(2-1-3-14(22)23)4-5-10(11)7-12(20)16(15)19-8-13(21)18-26(19,24)25/h4-7,20H,1-3,8H2,(H,18,21)(H,22,23). The average molecular weight is 382 g/mol. The van der Waals surface area contributed by atoms with E-state index < -0.39 is 45.9 Å². The molecule has 0 saturated carbocycles. The highest BCUT2D eigenvalue weighted by atomic mass is 32.2. The number of aromatic hydroxyl groups is 1. The molecule has 0 radical (unpaired) electrons. The van der Waals surface area contributed by atoms with Crippen molar-refractivity contribution in [2.24, 2.45) is 0 Å². The molecule has 2 aromatic carbocycles. The van der Waals surface area contributed by atoms with Crippen molar-refractivity contribution < 1.29 is 32.6 Å². The van der Waals surface area contributed by atoms with Gasteiger partial charge in [0.15, 0.2) is 5.82 Å². The smallest absolute Gasteiger partial charge is 0.326 e. The van der Waals surface area contributed by atoms with Gasteiger partial charge in [-0.25, -0.2) is 13.4 Å². The lowest BCUT2D eigenvalue weighted by Gasteiger charge is -2.18. The lowest BCUT2D eigenvalue weighted by Crippen LogP contribution is -2.30. The van der Waals surface area contributed by atoms with Gasteiger partial charge in [-0.1, -0.05) is 12.1 Å². The van der Waals surface area contributed by atoms with Crippen molar-refractivity contribution in [3.8, 4) is 5.75 Å². The third-order valence-electron chi connectivity index (χ3n) is 4.02. The van der Waals surface area contributed by atoms with Crippen LogP contribution in [-0.4, -0.2) is 37.1 Å². The van der Waals surface area contributed by atoms with Crippen LogP contribution in [0.3, 0.4) is 0 Å². The first kappa shape index (κ1) is 17.9. The second kappa shape index (κ2) is 6.45. The summed E-state index contributed by atoms with van der Waals surface area (Å²) in [6.07, 6.45) is 0.743. The molecule has 8 nitrogen and oxygen atoms in total. The number of aryl methyl sites for hydroxylation is 1. The highest BCUT2D eigenvalue weighted by molar-refractivity contribution is 7.92. The normalized spacial score (nSPS) is 16.0. The average Bonchev–Trinajstić information content (AvgIpc) is 2.80. The number of carboxylic acids is 1. The molecule has 0 unspecified atom stereocenters. The lowest BCUT2D eigenvalue weighted by atomic mass is 10.0. The number of phenols is 1. The molecule has 0 aromatic heterocycles. The van der Waals surface area contributed by atoms with Gasteiger partial charge in [-0.3, -0.25) is 9.59 Å². The highest BCUT2D eigenvalue weighted by Gasteiger charge is 2.37. The van der Waals surface area contributed by atoms with Gasteiger partial charge in [-0.15, -0.1) is 0 Å². The molecule has 1 saturated heterocycles. The molecule has 1 amide bonds. The van der Waals surface area contributed by atoms with E-state index in [2.05, 4.69) is 0 Å². The van der Waals surface area contributed by atoms with E-state index >= 15 is 0 Å². The second-order valence-electron chi connectivity index (χ2n) is 5.90. The maximum atomic E-state index is 15.0. The molecule has 10 heteroatoms. The molecular weight excluding hydrogens is 367 g/mol. The lowest BCUT2D eigenvalue weighted by molar-refractivity contribution is -0.137. The number of fused-ring (bicyclic) bond motifs is 1. The number of rotatable bonds is 5. The van der Waals surface area contributed by atoms with Crippen molar-refractivity contribution in [3.05, 3.63) is 35.6 Å². The number of halogens is 1. The van der Waals surface area contributed by atoms with Crippen LogP contribution in [0.15, 0.2) is 24.3 Å². The van der Waals surface area contributed by atoms with Gasteiger partial charge in [-0.2, -0.15) is 8.42 Å². The van der Waals surface area contributed by atoms with Crippen molar-refractivity contribution >= 4 is 38.5 Å². The number of aliphatic carboxylic acids is 1. The number of hydrogen-bond acceptors (Lipinski definition) is 5. The van der Waals surface area contributed by atoms with Crippen molar-refractivity contribution in [2.75, 3.05) is 10.8 Å². The first-order valence-electron chi connectivity index (χ1n) is 7.68. The first-order chi connectivity index (χ1) is 12.2. The summed E-state index contributed by atoms with van der Waals surface area (Å²) in [5.74, 6) is -3.33. The van der Waals surface area contributed by atoms with Gasteiger partial charge in [0.1, 0.15) is 18.0 Å². The molecule has 2 aromatic rings. The molecule has 1 aliphatic rings. The maximum absolute atomic E-state index is 15.0. The fourth-order valence-corrected chi connectivity index (χ4v) is 4.02. The van der Waals surface area contributed by atoms with Crippen molar-refractivity contribution in [2.45, 2.75) is 19.3 Å². The molecule has 1 aliphatic heterocycles. The largest absolute Gasteiger partial charge is 0.506 e. The van der Waals surface area contributed by atoms with Crippen LogP contribution in [0.4, 0.5) is 10.1 Å². The zero-order valence-corrected chi connectivity index (χ0v) is 14.2. The fourth-order valence-electron chi connectivity index (χ4n) is 2.86. The topological polar surface area (TPSA) is 124 Å². The summed E-state index contributed by atoms with van der Waals surface area (Å²) in [5.41, 5.74) is 0.0753. The molecule has 0 atom stereocenters. The van der Waals surface area contributed by atoms with Crippen LogP contribution in [0.5, 0.6) is 5.75 Å². The van der Waals surface area contributed by atoms with Crippen LogP contribution in [0.1, 0.15) is 18.4 Å². The Labute approximate surface area is 148 Å². The molecule has 3 N–H and O–H groups in total. The zero-order chi connectivity index (χ0) is 19.1. The number of benzene rings is 2. The Morgan fingerprint density at radius 3 is 2.65 bits per heavy atom. The van der Waals surface area contributed by atoms with Crippen molar-refractivity contribution in [1.82, 2.24) is 4.72 Å². The van der Waals surface area contributed by atoms with Gasteiger partial charge in [0.05, 0.1) is 0 Å². The minimum atomic E-state index is -4.27. The predicted octanol–water partition coefficient (Wildman–Crippen LogP) is 1.27. The van der Waals surface area contributed by atoms with Gasteiger partial charge >= 0.3 is 16.2 Å². The molecule has 3 rings (SSSR count). The van der Waals surface area contributed by atoms with E-state index in [-0.39, 0.29) is 11.8 Å². The maximum Gasteiger partial charge on any atom is 0.326 e. The van der Waals surface area contributed by atoms with E-state index in [0.29, 0.717) is 28.1 Å². The molecule has 0 aliphatic carbocycles. The number of nitrogens with zero attached hydrogens (tertiary/aromatic N) is 1. The summed E-state index contributed by atoms with van der Waals surface area (Å²) in [7, 11) is -4.27. The Balaban J connectivity index is 2.05. The first-order valence-corrected chi connectivity index (χ1v) is 9.12. The van der Waals surface area contributed by atoms with E-state index in [1.807, 2.05) is 0 Å². The van der Waals surface area contributed by atoms with Crippen LogP contribution in [0, 0.1) is 5.82 Å². The number of carbonyl (C=O) groups excluding carboxylic acids is 1. The van der Waals surface area contributed by atoms with Gasteiger partial charge in [0, 0.05) is 11.8 Å². The Morgan fingerprint density at radius 1 is 1.31 bits per heavy atom. The molecule has 1 fully saturated rings. The summed E-state index contributed by atoms with van der Waals surface area (Å²) in [5, 5.41) is 19.2. The van der Waals surface area contributed by atoms with E-state index in [0.717, 1.165) is 0 Å². The monoisotopic (exact) mass is 382 g/mol. The number of nitrogens with one attached hydrogen (secondary N) is 1. The number of phenolic OH excluding ortho intramolecular Hbond substituents is 1. The summed E-state index contributed by atoms with van der Waals surface area (Å²) in [6.45, 7) is -0.628. The SMILES string of the molecule is O=C(O)CCCc1ccc2cc(O)c(N3CC(=O)NS3(=O)=O)c(F)c2c1. The Kier molecular flexibility index (Phi) is 4.45. The number of carboxylic acid groups (broad SMARTS) is 1. The van der Waals surface area contributed by atoms with Crippen molar-refractivity contribution in [1.29, 1.82) is 0 Å². The number of anilines is 1. The highest BCUT2D eigenvalue weighted by Crippen LogP contribution is 2.38.